The van der Waals surface area contributed by atoms with E-state index in [-0.39, 0.29) is 11.8 Å². The van der Waals surface area contributed by atoms with E-state index in [2.05, 4.69) is 20.7 Å². The van der Waals surface area contributed by atoms with Crippen molar-refractivity contribution in [2.75, 3.05) is 44.2 Å². The van der Waals surface area contributed by atoms with Crippen molar-refractivity contribution < 1.29 is 13.9 Å². The summed E-state index contributed by atoms with van der Waals surface area (Å²) < 4.78 is 23.4. The Bertz CT molecular complexity index is 353. The van der Waals surface area contributed by atoms with Crippen molar-refractivity contribution in [3.63, 3.8) is 0 Å². The number of nitrogens with one attached hydrogen (secondary N) is 2. The summed E-state index contributed by atoms with van der Waals surface area (Å²) in [5.41, 5.74) is 2.25. The third-order valence-electron chi connectivity index (χ3n) is 2.06. The summed E-state index contributed by atoms with van der Waals surface area (Å²) >= 11 is 0. The maximum atomic E-state index is 13.3. The second-order valence-corrected chi connectivity index (χ2v) is 3.42. The second-order valence-electron chi connectivity index (χ2n) is 3.42. The fourth-order valence-electron chi connectivity index (χ4n) is 1.19. The minimum atomic E-state index is -0.519. The number of nitrogens with two attached hydrogens (primary N) is 1. The van der Waals surface area contributed by atoms with Gasteiger partial charge >= 0.3 is 0 Å². The lowest BCUT2D eigenvalue weighted by Gasteiger charge is -2.08. The molecular weight excluding hydrogens is 241 g/mol. The van der Waals surface area contributed by atoms with E-state index >= 15 is 0 Å². The van der Waals surface area contributed by atoms with Gasteiger partial charge in [-0.3, -0.25) is 5.43 Å². The highest BCUT2D eigenvalue weighted by atomic mass is 19.1. The van der Waals surface area contributed by atoms with Crippen molar-refractivity contribution in [1.82, 2.24) is 9.97 Å². The molecule has 0 aromatic carbocycles. The fraction of sp³-hybridized carbons (Fsp3) is 0.600. The summed E-state index contributed by atoms with van der Waals surface area (Å²) in [6, 6.07) is 0. The van der Waals surface area contributed by atoms with Gasteiger partial charge in [0.1, 0.15) is 0 Å². The molecule has 0 fully saturated rings. The van der Waals surface area contributed by atoms with E-state index in [1.54, 1.807) is 7.11 Å². The average Bonchev–Trinajstić information content (AvgIpc) is 2.39. The lowest BCUT2D eigenvalue weighted by Crippen LogP contribution is -2.14. The van der Waals surface area contributed by atoms with Crippen molar-refractivity contribution in [2.45, 2.75) is 6.42 Å². The fourth-order valence-corrected chi connectivity index (χ4v) is 1.19. The third-order valence-corrected chi connectivity index (χ3v) is 2.06. The van der Waals surface area contributed by atoms with Crippen LogP contribution in [0.15, 0.2) is 6.20 Å². The van der Waals surface area contributed by atoms with Crippen LogP contribution in [0.1, 0.15) is 6.42 Å². The number of ether oxygens (including phenoxy) is 2. The third kappa shape index (κ3) is 5.21. The number of nitrogens with zero attached hydrogens (tertiary/aromatic N) is 2. The molecule has 0 aliphatic heterocycles. The van der Waals surface area contributed by atoms with Crippen LogP contribution in [0.3, 0.4) is 0 Å². The lowest BCUT2D eigenvalue weighted by molar-refractivity contribution is 0.0705. The molecule has 0 amide bonds. The maximum Gasteiger partial charge on any atom is 0.239 e. The molecule has 1 rings (SSSR count). The highest BCUT2D eigenvalue weighted by Crippen LogP contribution is 2.10. The molecule has 4 N–H and O–H groups in total. The monoisotopic (exact) mass is 259 g/mol. The molecule has 0 radical (unpaired) electrons. The Morgan fingerprint density at radius 2 is 2.22 bits per heavy atom. The number of rotatable bonds is 9. The summed E-state index contributed by atoms with van der Waals surface area (Å²) in [6.45, 7) is 2.25. The van der Waals surface area contributed by atoms with E-state index in [0.717, 1.165) is 12.6 Å². The molecule has 0 aliphatic carbocycles. The zero-order valence-corrected chi connectivity index (χ0v) is 10.3. The molecule has 102 valence electrons. The SMILES string of the molecule is COCCOCCCNc1nc(NN)ncc1F. The molecule has 8 heteroatoms. The Morgan fingerprint density at radius 3 is 2.94 bits per heavy atom. The Hall–Kier alpha value is -1.51. The summed E-state index contributed by atoms with van der Waals surface area (Å²) in [6.07, 6.45) is 1.79. The van der Waals surface area contributed by atoms with Gasteiger partial charge in [-0.1, -0.05) is 0 Å². The van der Waals surface area contributed by atoms with Crippen LogP contribution >= 0.6 is 0 Å². The molecule has 0 spiro atoms. The molecule has 1 aromatic rings. The van der Waals surface area contributed by atoms with Crippen LogP contribution in [0.2, 0.25) is 0 Å². The van der Waals surface area contributed by atoms with Gasteiger partial charge in [0.25, 0.3) is 0 Å². The molecule has 18 heavy (non-hydrogen) atoms. The molecule has 0 unspecified atom stereocenters. The van der Waals surface area contributed by atoms with Crippen LogP contribution in [-0.2, 0) is 9.47 Å². The topological polar surface area (TPSA) is 94.3 Å². The average molecular weight is 259 g/mol. The largest absolute Gasteiger partial charge is 0.382 e. The molecule has 0 saturated heterocycles. The van der Waals surface area contributed by atoms with Gasteiger partial charge in [-0.05, 0) is 6.42 Å². The summed E-state index contributed by atoms with van der Waals surface area (Å²) in [4.78, 5) is 7.48. The number of hydrogen-bond donors (Lipinski definition) is 3. The Kier molecular flexibility index (Phi) is 6.92. The number of nitrogen functional groups attached to an aromatic ring is 1. The van der Waals surface area contributed by atoms with E-state index in [0.29, 0.717) is 26.4 Å². The quantitative estimate of drug-likeness (QED) is 0.335. The van der Waals surface area contributed by atoms with E-state index in [9.17, 15) is 4.39 Å². The van der Waals surface area contributed by atoms with Crippen molar-refractivity contribution >= 4 is 11.8 Å². The molecule has 1 heterocycles. The minimum absolute atomic E-state index is 0.120. The first-order chi connectivity index (χ1) is 8.77. The van der Waals surface area contributed by atoms with E-state index in [4.69, 9.17) is 15.3 Å². The van der Waals surface area contributed by atoms with Crippen molar-refractivity contribution in [3.8, 4) is 0 Å². The Morgan fingerprint density at radius 1 is 1.39 bits per heavy atom. The van der Waals surface area contributed by atoms with Crippen molar-refractivity contribution in [3.05, 3.63) is 12.0 Å². The van der Waals surface area contributed by atoms with Gasteiger partial charge in [-0.2, -0.15) is 4.98 Å². The van der Waals surface area contributed by atoms with Gasteiger partial charge < -0.3 is 14.8 Å². The predicted molar refractivity (Wildman–Crippen MR) is 65.6 cm³/mol. The van der Waals surface area contributed by atoms with E-state index < -0.39 is 5.82 Å². The summed E-state index contributed by atoms with van der Waals surface area (Å²) in [5, 5.41) is 2.85. The van der Waals surface area contributed by atoms with Gasteiger partial charge in [0.05, 0.1) is 19.4 Å². The standard InChI is InChI=1S/C10H18FN5O2/c1-17-5-6-18-4-2-3-13-9-8(11)7-14-10(15-9)16-12/h7H,2-6,12H2,1H3,(H2,13,14,15,16). The van der Waals surface area contributed by atoms with Crippen LogP contribution in [-0.4, -0.2) is 43.4 Å². The highest BCUT2D eigenvalue weighted by molar-refractivity contribution is 5.40. The molecule has 0 aliphatic rings. The first-order valence-electron chi connectivity index (χ1n) is 5.57. The van der Waals surface area contributed by atoms with Crippen LogP contribution in [0.5, 0.6) is 0 Å². The first kappa shape index (κ1) is 14.6. The van der Waals surface area contributed by atoms with Gasteiger partial charge in [-0.25, -0.2) is 15.2 Å². The first-order valence-corrected chi connectivity index (χ1v) is 5.57. The molecule has 1 aromatic heterocycles. The number of halogens is 1. The molecule has 0 atom stereocenters. The van der Waals surface area contributed by atoms with Crippen molar-refractivity contribution in [2.24, 2.45) is 5.84 Å². The minimum Gasteiger partial charge on any atom is -0.382 e. The van der Waals surface area contributed by atoms with Crippen molar-refractivity contribution in [1.29, 1.82) is 0 Å². The second kappa shape index (κ2) is 8.56. The number of anilines is 2. The van der Waals surface area contributed by atoms with E-state index in [1.807, 2.05) is 0 Å². The highest BCUT2D eigenvalue weighted by Gasteiger charge is 2.05. The Balaban J connectivity index is 2.22. The molecule has 0 bridgehead atoms. The van der Waals surface area contributed by atoms with Gasteiger partial charge in [-0.15, -0.1) is 0 Å². The normalized spacial score (nSPS) is 10.4. The lowest BCUT2D eigenvalue weighted by atomic mass is 10.4. The van der Waals surface area contributed by atoms with Gasteiger partial charge in [0.2, 0.25) is 5.95 Å². The Labute approximate surface area is 105 Å². The number of methoxy groups -OCH3 is 1. The molecular formula is C10H18FN5O2. The van der Waals surface area contributed by atoms with Crippen LogP contribution in [0.4, 0.5) is 16.2 Å². The zero-order chi connectivity index (χ0) is 13.2. The van der Waals surface area contributed by atoms with Gasteiger partial charge in [0, 0.05) is 20.3 Å². The summed E-state index contributed by atoms with van der Waals surface area (Å²) in [5.74, 6) is 4.90. The maximum absolute atomic E-state index is 13.3. The van der Waals surface area contributed by atoms with Crippen LogP contribution in [0.25, 0.3) is 0 Å². The smallest absolute Gasteiger partial charge is 0.239 e. The molecule has 0 saturated carbocycles. The molecule has 7 nitrogen and oxygen atoms in total. The number of hydrogen-bond acceptors (Lipinski definition) is 7. The number of hydrazine groups is 1. The van der Waals surface area contributed by atoms with Crippen LogP contribution in [0, 0.1) is 5.82 Å². The summed E-state index contributed by atoms with van der Waals surface area (Å²) in [7, 11) is 1.62. The van der Waals surface area contributed by atoms with Gasteiger partial charge in [0.15, 0.2) is 11.6 Å². The van der Waals surface area contributed by atoms with Crippen LogP contribution < -0.4 is 16.6 Å². The predicted octanol–water partition coefficient (Wildman–Crippen LogP) is 0.366. The van der Waals surface area contributed by atoms with E-state index in [1.165, 1.54) is 0 Å². The zero-order valence-electron chi connectivity index (χ0n) is 10.3. The number of aromatic nitrogens is 2.